The molecule has 0 unspecified atom stereocenters. The monoisotopic (exact) mass is 408 g/mol. The molecule has 0 saturated carbocycles. The highest BCUT2D eigenvalue weighted by Crippen LogP contribution is 2.31. The number of anilines is 3. The number of benzene rings is 2. The minimum atomic E-state index is -3.75. The first-order chi connectivity index (χ1) is 12.8. The number of carbonyl (C=O) groups excluding carboxylic acids is 1. The van der Waals surface area contributed by atoms with Gasteiger partial charge in [0, 0.05) is 23.8 Å². The van der Waals surface area contributed by atoms with Gasteiger partial charge < -0.3 is 15.5 Å². The van der Waals surface area contributed by atoms with Gasteiger partial charge in [-0.15, -0.1) is 0 Å². The van der Waals surface area contributed by atoms with Crippen LogP contribution in [0.25, 0.3) is 0 Å². The lowest BCUT2D eigenvalue weighted by Crippen LogP contribution is -2.24. The molecule has 1 saturated heterocycles. The number of primary sulfonamides is 1. The summed E-state index contributed by atoms with van der Waals surface area (Å²) >= 11 is 6.10. The molecular formula is C18H21ClN4O3S. The zero-order valence-corrected chi connectivity index (χ0v) is 16.2. The normalized spacial score (nSPS) is 14.2. The summed E-state index contributed by atoms with van der Waals surface area (Å²) in [5.41, 5.74) is 2.33. The SMILES string of the molecule is NS(=O)(=O)c1ccc(NC(=O)CNc2cc(Cl)ccc2N2CCCC2)cc1. The third-order valence-electron chi connectivity index (χ3n) is 4.31. The van der Waals surface area contributed by atoms with Gasteiger partial charge in [0.15, 0.2) is 0 Å². The highest BCUT2D eigenvalue weighted by Gasteiger charge is 2.16. The van der Waals surface area contributed by atoms with Crippen molar-refractivity contribution in [2.24, 2.45) is 5.14 Å². The minimum absolute atomic E-state index is 0.00666. The van der Waals surface area contributed by atoms with Crippen molar-refractivity contribution < 1.29 is 13.2 Å². The molecule has 1 amide bonds. The molecule has 1 heterocycles. The Labute approximate surface area is 163 Å². The quantitative estimate of drug-likeness (QED) is 0.681. The Morgan fingerprint density at radius 2 is 1.78 bits per heavy atom. The molecule has 1 aliphatic heterocycles. The van der Waals surface area contributed by atoms with E-state index < -0.39 is 10.0 Å². The van der Waals surface area contributed by atoms with Gasteiger partial charge in [-0.1, -0.05) is 11.6 Å². The molecule has 9 heteroatoms. The van der Waals surface area contributed by atoms with Crippen molar-refractivity contribution in [3.63, 3.8) is 0 Å². The number of halogens is 1. The van der Waals surface area contributed by atoms with Crippen molar-refractivity contribution in [1.82, 2.24) is 0 Å². The maximum atomic E-state index is 12.2. The number of nitrogens with two attached hydrogens (primary N) is 1. The number of amides is 1. The van der Waals surface area contributed by atoms with E-state index in [1.54, 1.807) is 0 Å². The summed E-state index contributed by atoms with van der Waals surface area (Å²) in [5, 5.41) is 11.5. The van der Waals surface area contributed by atoms with Crippen LogP contribution >= 0.6 is 11.6 Å². The Balaban J connectivity index is 1.63. The zero-order valence-electron chi connectivity index (χ0n) is 14.6. The summed E-state index contributed by atoms with van der Waals surface area (Å²) in [5.74, 6) is -0.259. The van der Waals surface area contributed by atoms with E-state index in [1.165, 1.54) is 24.3 Å². The molecule has 0 aromatic heterocycles. The largest absolute Gasteiger partial charge is 0.374 e. The van der Waals surface area contributed by atoms with Crippen molar-refractivity contribution in [1.29, 1.82) is 0 Å². The second-order valence-electron chi connectivity index (χ2n) is 6.33. The van der Waals surface area contributed by atoms with Gasteiger partial charge in [0.2, 0.25) is 15.9 Å². The van der Waals surface area contributed by atoms with Crippen LogP contribution in [0.1, 0.15) is 12.8 Å². The van der Waals surface area contributed by atoms with E-state index >= 15 is 0 Å². The fraction of sp³-hybridized carbons (Fsp3) is 0.278. The molecule has 7 nitrogen and oxygen atoms in total. The molecule has 2 aromatic carbocycles. The van der Waals surface area contributed by atoms with Gasteiger partial charge in [-0.25, -0.2) is 13.6 Å². The standard InChI is InChI=1S/C18H21ClN4O3S/c19-13-3-8-17(23-9-1-2-10-23)16(11-13)21-12-18(24)22-14-4-6-15(7-5-14)27(20,25)26/h3-8,11,21H,1-2,9-10,12H2,(H,22,24)(H2,20,25,26). The lowest BCUT2D eigenvalue weighted by Gasteiger charge is -2.22. The molecule has 0 radical (unpaired) electrons. The first-order valence-corrected chi connectivity index (χ1v) is 10.5. The molecule has 4 N–H and O–H groups in total. The van der Waals surface area contributed by atoms with Crippen LogP contribution < -0.4 is 20.7 Å². The van der Waals surface area contributed by atoms with Gasteiger partial charge in [0.05, 0.1) is 22.8 Å². The number of carbonyl (C=O) groups is 1. The van der Waals surface area contributed by atoms with E-state index in [0.717, 1.165) is 37.3 Å². The lowest BCUT2D eigenvalue weighted by atomic mass is 10.2. The first kappa shape index (κ1) is 19.5. The van der Waals surface area contributed by atoms with Gasteiger partial charge in [0.1, 0.15) is 0 Å². The van der Waals surface area contributed by atoms with Crippen molar-refractivity contribution in [2.75, 3.05) is 35.2 Å². The van der Waals surface area contributed by atoms with E-state index in [1.807, 2.05) is 18.2 Å². The third kappa shape index (κ3) is 5.12. The van der Waals surface area contributed by atoms with Crippen LogP contribution in [-0.4, -0.2) is 34.0 Å². The second kappa shape index (κ2) is 8.16. The van der Waals surface area contributed by atoms with E-state index in [2.05, 4.69) is 15.5 Å². The van der Waals surface area contributed by atoms with Crippen molar-refractivity contribution in [3.05, 3.63) is 47.5 Å². The van der Waals surface area contributed by atoms with E-state index in [9.17, 15) is 13.2 Å². The Bertz CT molecular complexity index is 926. The van der Waals surface area contributed by atoms with Gasteiger partial charge in [-0.05, 0) is 55.3 Å². The first-order valence-electron chi connectivity index (χ1n) is 8.54. The van der Waals surface area contributed by atoms with Gasteiger partial charge in [0.25, 0.3) is 0 Å². The highest BCUT2D eigenvalue weighted by atomic mass is 35.5. The van der Waals surface area contributed by atoms with Crippen LogP contribution in [0, 0.1) is 0 Å². The number of nitrogens with one attached hydrogen (secondary N) is 2. The zero-order chi connectivity index (χ0) is 19.4. The molecule has 144 valence electrons. The molecule has 0 spiro atoms. The van der Waals surface area contributed by atoms with Crippen LogP contribution in [0.4, 0.5) is 17.1 Å². The Hall–Kier alpha value is -2.29. The van der Waals surface area contributed by atoms with Crippen LogP contribution in [0.5, 0.6) is 0 Å². The lowest BCUT2D eigenvalue weighted by molar-refractivity contribution is -0.114. The second-order valence-corrected chi connectivity index (χ2v) is 8.32. The van der Waals surface area contributed by atoms with Crippen molar-refractivity contribution in [3.8, 4) is 0 Å². The highest BCUT2D eigenvalue weighted by molar-refractivity contribution is 7.89. The number of sulfonamides is 1. The fourth-order valence-electron chi connectivity index (χ4n) is 2.99. The fourth-order valence-corrected chi connectivity index (χ4v) is 3.68. The Kier molecular flexibility index (Phi) is 5.88. The molecule has 27 heavy (non-hydrogen) atoms. The van der Waals surface area contributed by atoms with Gasteiger partial charge >= 0.3 is 0 Å². The van der Waals surface area contributed by atoms with Gasteiger partial charge in [-0.2, -0.15) is 0 Å². The Morgan fingerprint density at radius 1 is 1.11 bits per heavy atom. The number of rotatable bonds is 6. The summed E-state index contributed by atoms with van der Waals surface area (Å²) in [6, 6.07) is 11.3. The molecule has 0 bridgehead atoms. The molecular weight excluding hydrogens is 388 g/mol. The predicted molar refractivity (Wildman–Crippen MR) is 108 cm³/mol. The summed E-state index contributed by atoms with van der Waals surface area (Å²) in [6.07, 6.45) is 2.30. The Morgan fingerprint density at radius 3 is 2.41 bits per heavy atom. The summed E-state index contributed by atoms with van der Waals surface area (Å²) < 4.78 is 22.5. The summed E-state index contributed by atoms with van der Waals surface area (Å²) in [4.78, 5) is 14.5. The van der Waals surface area contributed by atoms with Crippen molar-refractivity contribution in [2.45, 2.75) is 17.7 Å². The average molecular weight is 409 g/mol. The molecule has 2 aromatic rings. The molecule has 1 fully saturated rings. The van der Waals surface area contributed by atoms with E-state index in [4.69, 9.17) is 16.7 Å². The number of hydrogen-bond donors (Lipinski definition) is 3. The summed E-state index contributed by atoms with van der Waals surface area (Å²) in [6.45, 7) is 2.02. The maximum absolute atomic E-state index is 12.2. The van der Waals surface area contributed by atoms with Crippen LogP contribution in [0.15, 0.2) is 47.4 Å². The van der Waals surface area contributed by atoms with Crippen LogP contribution in [0.3, 0.4) is 0 Å². The maximum Gasteiger partial charge on any atom is 0.243 e. The average Bonchev–Trinajstić information content (AvgIpc) is 3.14. The van der Waals surface area contributed by atoms with Crippen LogP contribution in [-0.2, 0) is 14.8 Å². The van der Waals surface area contributed by atoms with Gasteiger partial charge in [-0.3, -0.25) is 4.79 Å². The van der Waals surface area contributed by atoms with E-state index in [-0.39, 0.29) is 17.3 Å². The van der Waals surface area contributed by atoms with Crippen LogP contribution in [0.2, 0.25) is 5.02 Å². The van der Waals surface area contributed by atoms with E-state index in [0.29, 0.717) is 10.7 Å². The predicted octanol–water partition coefficient (Wildman–Crippen LogP) is 2.64. The molecule has 0 aliphatic carbocycles. The summed E-state index contributed by atoms with van der Waals surface area (Å²) in [7, 11) is -3.75. The molecule has 1 aliphatic rings. The molecule has 3 rings (SSSR count). The number of hydrogen-bond acceptors (Lipinski definition) is 5. The topological polar surface area (TPSA) is 105 Å². The molecule has 0 atom stereocenters. The third-order valence-corrected chi connectivity index (χ3v) is 5.48. The minimum Gasteiger partial charge on any atom is -0.374 e. The van der Waals surface area contributed by atoms with Crippen molar-refractivity contribution >= 4 is 44.6 Å². The number of nitrogens with zero attached hydrogens (tertiary/aromatic N) is 1. The smallest absolute Gasteiger partial charge is 0.243 e.